The van der Waals surface area contributed by atoms with E-state index in [2.05, 4.69) is 24.0 Å². The first-order valence-corrected chi connectivity index (χ1v) is 7.86. The van der Waals surface area contributed by atoms with E-state index in [1.54, 1.807) is 0 Å². The van der Waals surface area contributed by atoms with Crippen molar-refractivity contribution in [2.45, 2.75) is 38.6 Å². The Morgan fingerprint density at radius 1 is 1.52 bits per heavy atom. The molecule has 0 saturated heterocycles. The summed E-state index contributed by atoms with van der Waals surface area (Å²) in [6, 6.07) is 0.0130. The molecule has 0 aromatic rings. The fourth-order valence-corrected chi connectivity index (χ4v) is 4.35. The van der Waals surface area contributed by atoms with Gasteiger partial charge < -0.3 is 5.32 Å². The molecule has 2 heterocycles. The minimum Gasteiger partial charge on any atom is -0.381 e. The zero-order valence-electron chi connectivity index (χ0n) is 12.5. The fraction of sp³-hybridized carbons (Fsp3) is 0.444. The number of nitroso groups, excluding NO2 is 1. The molecule has 0 spiro atoms. The first-order chi connectivity index (χ1) is 10.2. The standard InChI is InChI=1S/C18H21N2O/c1-3-5-17-15-9-12-10-19-16-7-4-6-13(18(12)16)14(15)8-11(2)20(17)21/h3,7-8,15,17,19H,1,4-6,9-10H2,2H3/q+1. The van der Waals surface area contributed by atoms with Crippen LogP contribution in [0.1, 0.15) is 32.6 Å². The van der Waals surface area contributed by atoms with Crippen LogP contribution in [0.25, 0.3) is 0 Å². The average molecular weight is 281 g/mol. The van der Waals surface area contributed by atoms with Crippen LogP contribution in [0.2, 0.25) is 0 Å². The zero-order valence-corrected chi connectivity index (χ0v) is 12.5. The van der Waals surface area contributed by atoms with Crippen molar-refractivity contribution >= 4 is 0 Å². The number of hydrogen-bond acceptors (Lipinski definition) is 2. The Labute approximate surface area is 125 Å². The lowest BCUT2D eigenvalue weighted by Gasteiger charge is -2.33. The van der Waals surface area contributed by atoms with Gasteiger partial charge in [-0.3, -0.25) is 0 Å². The molecular weight excluding hydrogens is 260 g/mol. The highest BCUT2D eigenvalue weighted by atomic mass is 16.3. The smallest absolute Gasteiger partial charge is 0.230 e. The molecule has 4 rings (SSSR count). The molecule has 0 bridgehead atoms. The van der Waals surface area contributed by atoms with Gasteiger partial charge in [-0.05, 0) is 36.0 Å². The lowest BCUT2D eigenvalue weighted by Crippen LogP contribution is -2.37. The summed E-state index contributed by atoms with van der Waals surface area (Å²) < 4.78 is 1.21. The van der Waals surface area contributed by atoms with Gasteiger partial charge in [0.2, 0.25) is 11.7 Å². The maximum Gasteiger partial charge on any atom is 0.230 e. The molecule has 0 amide bonds. The third kappa shape index (κ3) is 1.73. The number of allylic oxidation sites excluding steroid dienone is 4. The third-order valence-corrected chi connectivity index (χ3v) is 5.26. The molecule has 1 N–H and O–H groups in total. The Balaban J connectivity index is 1.88. The second kappa shape index (κ2) is 4.55. The summed E-state index contributed by atoms with van der Waals surface area (Å²) in [5, 5.41) is 3.53. The molecule has 2 atom stereocenters. The van der Waals surface area contributed by atoms with Crippen LogP contribution < -0.4 is 5.32 Å². The van der Waals surface area contributed by atoms with E-state index in [1.807, 2.05) is 13.0 Å². The van der Waals surface area contributed by atoms with Crippen LogP contribution in [0.3, 0.4) is 0 Å². The van der Waals surface area contributed by atoms with Gasteiger partial charge in [-0.25, -0.2) is 0 Å². The minimum absolute atomic E-state index is 0.0130. The predicted octanol–water partition coefficient (Wildman–Crippen LogP) is 3.52. The Morgan fingerprint density at radius 3 is 3.19 bits per heavy atom. The zero-order chi connectivity index (χ0) is 14.6. The van der Waals surface area contributed by atoms with Crippen LogP contribution in [0.5, 0.6) is 0 Å². The van der Waals surface area contributed by atoms with Crippen molar-refractivity contribution in [3.63, 3.8) is 0 Å². The first-order valence-electron chi connectivity index (χ1n) is 7.86. The highest BCUT2D eigenvalue weighted by molar-refractivity contribution is 5.61. The fourth-order valence-electron chi connectivity index (χ4n) is 4.35. The maximum atomic E-state index is 12.5. The van der Waals surface area contributed by atoms with E-state index in [4.69, 9.17) is 0 Å². The van der Waals surface area contributed by atoms with Crippen LogP contribution in [-0.2, 0) is 0 Å². The van der Waals surface area contributed by atoms with E-state index >= 15 is 0 Å². The molecule has 0 aromatic heterocycles. The van der Waals surface area contributed by atoms with Gasteiger partial charge >= 0.3 is 0 Å². The van der Waals surface area contributed by atoms with E-state index in [9.17, 15) is 4.91 Å². The Bertz CT molecular complexity index is 675. The van der Waals surface area contributed by atoms with E-state index in [1.165, 1.54) is 32.7 Å². The van der Waals surface area contributed by atoms with Crippen LogP contribution >= 0.6 is 0 Å². The van der Waals surface area contributed by atoms with Gasteiger partial charge in [0.25, 0.3) is 0 Å². The van der Waals surface area contributed by atoms with Gasteiger partial charge in [0.05, 0.1) is 5.92 Å². The highest BCUT2D eigenvalue weighted by Gasteiger charge is 2.46. The third-order valence-electron chi connectivity index (χ3n) is 5.26. The summed E-state index contributed by atoms with van der Waals surface area (Å²) in [5.74, 6) is 0.331. The lowest BCUT2D eigenvalue weighted by atomic mass is 9.71. The summed E-state index contributed by atoms with van der Waals surface area (Å²) in [6.07, 6.45) is 10.3. The monoisotopic (exact) mass is 281 g/mol. The molecule has 21 heavy (non-hydrogen) atoms. The summed E-state index contributed by atoms with van der Waals surface area (Å²) in [5.41, 5.74) is 8.04. The van der Waals surface area contributed by atoms with Crippen LogP contribution in [-0.4, -0.2) is 17.3 Å². The molecule has 108 valence electrons. The normalized spacial score (nSPS) is 30.4. The lowest BCUT2D eigenvalue weighted by molar-refractivity contribution is -0.549. The molecule has 0 radical (unpaired) electrons. The average Bonchev–Trinajstić information content (AvgIpc) is 2.90. The summed E-state index contributed by atoms with van der Waals surface area (Å²) in [4.78, 5) is 12.5. The quantitative estimate of drug-likeness (QED) is 0.620. The second-order valence-corrected chi connectivity index (χ2v) is 6.44. The topological polar surface area (TPSA) is 32.1 Å². The van der Waals surface area contributed by atoms with Crippen LogP contribution in [0.15, 0.2) is 58.5 Å². The van der Waals surface area contributed by atoms with Gasteiger partial charge in [-0.1, -0.05) is 12.2 Å². The van der Waals surface area contributed by atoms with Gasteiger partial charge in [-0.2, -0.15) is 0 Å². The Hall–Kier alpha value is -1.90. The SMILES string of the molecule is C=CCC1C2CC3=C4C(=CCCC4=C2C=C(C)[N+]1=O)NC3. The predicted molar refractivity (Wildman–Crippen MR) is 83.5 cm³/mol. The van der Waals surface area contributed by atoms with E-state index in [0.717, 1.165) is 37.9 Å². The molecule has 2 aliphatic heterocycles. The molecule has 0 saturated carbocycles. The van der Waals surface area contributed by atoms with Gasteiger partial charge in [0.1, 0.15) is 0 Å². The van der Waals surface area contributed by atoms with Crippen LogP contribution in [0, 0.1) is 10.8 Å². The first kappa shape index (κ1) is 12.8. The van der Waals surface area contributed by atoms with Crippen molar-refractivity contribution in [1.82, 2.24) is 5.32 Å². The molecular formula is C18H21N2O+. The maximum absolute atomic E-state index is 12.5. The molecule has 2 unspecified atom stereocenters. The van der Waals surface area contributed by atoms with E-state index in [0.29, 0.717) is 5.92 Å². The molecule has 2 aliphatic carbocycles. The molecule has 0 aromatic carbocycles. The van der Waals surface area contributed by atoms with Gasteiger partial charge in [-0.15, -0.1) is 6.58 Å². The molecule has 3 heteroatoms. The van der Waals surface area contributed by atoms with Gasteiger partial charge in [0, 0.05) is 46.9 Å². The Kier molecular flexibility index (Phi) is 2.78. The minimum atomic E-state index is 0.0130. The van der Waals surface area contributed by atoms with Crippen molar-refractivity contribution in [1.29, 1.82) is 0 Å². The van der Waals surface area contributed by atoms with Crippen molar-refractivity contribution in [3.05, 3.63) is 63.4 Å². The number of nitrogens with one attached hydrogen (secondary N) is 1. The molecule has 0 fully saturated rings. The summed E-state index contributed by atoms with van der Waals surface area (Å²) in [6.45, 7) is 6.74. The summed E-state index contributed by atoms with van der Waals surface area (Å²) >= 11 is 0. The number of rotatable bonds is 2. The van der Waals surface area contributed by atoms with Crippen molar-refractivity contribution in [2.24, 2.45) is 5.92 Å². The van der Waals surface area contributed by atoms with Crippen molar-refractivity contribution in [3.8, 4) is 0 Å². The molecule has 4 aliphatic rings. The Morgan fingerprint density at radius 2 is 2.38 bits per heavy atom. The second-order valence-electron chi connectivity index (χ2n) is 6.44. The number of nitrogens with zero attached hydrogens (tertiary/aromatic N) is 1. The van der Waals surface area contributed by atoms with Crippen molar-refractivity contribution in [2.75, 3.05) is 6.54 Å². The largest absolute Gasteiger partial charge is 0.381 e. The number of hydrogen-bond donors (Lipinski definition) is 1. The van der Waals surface area contributed by atoms with Crippen molar-refractivity contribution < 1.29 is 4.76 Å². The van der Waals surface area contributed by atoms with E-state index in [-0.39, 0.29) is 6.04 Å². The number of fused-ring (bicyclic) bond motifs is 1. The van der Waals surface area contributed by atoms with Crippen LogP contribution in [0.4, 0.5) is 0 Å². The van der Waals surface area contributed by atoms with E-state index < -0.39 is 0 Å². The highest BCUT2D eigenvalue weighted by Crippen LogP contribution is 2.48. The van der Waals surface area contributed by atoms with Gasteiger partial charge in [0.15, 0.2) is 0 Å². The molecule has 3 nitrogen and oxygen atoms in total. The summed E-state index contributed by atoms with van der Waals surface area (Å²) in [7, 11) is 0.